The zero-order valence-corrected chi connectivity index (χ0v) is 29.0. The zero-order valence-electron chi connectivity index (χ0n) is 29.0. The molecule has 45 heavy (non-hydrogen) atoms. The lowest BCUT2D eigenvalue weighted by atomic mass is 9.47. The second kappa shape index (κ2) is 11.5. The van der Waals surface area contributed by atoms with Crippen molar-refractivity contribution in [2.24, 2.45) is 40.4 Å². The fraction of sp³-hybridized carbons (Fsp3) is 0.919. The van der Waals surface area contributed by atoms with E-state index < -0.39 is 17.9 Å². The first-order valence-electron chi connectivity index (χ1n) is 18.0. The summed E-state index contributed by atoms with van der Waals surface area (Å²) >= 11 is 0. The first-order valence-corrected chi connectivity index (χ1v) is 18.0. The number of rotatable bonds is 7. The van der Waals surface area contributed by atoms with Gasteiger partial charge in [0.15, 0.2) is 17.9 Å². The molecule has 8 nitrogen and oxygen atoms in total. The molecule has 0 N–H and O–H groups in total. The van der Waals surface area contributed by atoms with Crippen LogP contribution in [0, 0.1) is 40.4 Å². The molecule has 6 fully saturated rings. The van der Waals surface area contributed by atoms with Crippen LogP contribution in [0.2, 0.25) is 0 Å². The number of hydrogen-bond donors (Lipinski definition) is 0. The van der Waals surface area contributed by atoms with Gasteiger partial charge in [-0.2, -0.15) is 0 Å². The summed E-state index contributed by atoms with van der Waals surface area (Å²) in [6.45, 7) is 15.8. The Morgan fingerprint density at radius 2 is 1.64 bits per heavy atom. The minimum Gasteiger partial charge on any atom is -0.469 e. The van der Waals surface area contributed by atoms with E-state index in [0.717, 1.165) is 37.0 Å². The molecule has 7 rings (SSSR count). The van der Waals surface area contributed by atoms with E-state index in [1.165, 1.54) is 45.6 Å². The van der Waals surface area contributed by atoms with Crippen LogP contribution >= 0.6 is 0 Å². The van der Waals surface area contributed by atoms with Gasteiger partial charge in [0.1, 0.15) is 24.4 Å². The average molecular weight is 631 g/mol. The van der Waals surface area contributed by atoms with E-state index in [9.17, 15) is 4.79 Å². The first kappa shape index (κ1) is 32.5. The van der Waals surface area contributed by atoms with Crippen LogP contribution in [-0.4, -0.2) is 68.1 Å². The Hall–Kier alpha value is -1.03. The highest BCUT2D eigenvalue weighted by Crippen LogP contribution is 2.67. The molecule has 0 bridgehead atoms. The number of esters is 1. The average Bonchev–Trinajstić information content (AvgIpc) is 3.62. The maximum absolute atomic E-state index is 11.9. The van der Waals surface area contributed by atoms with E-state index in [1.807, 2.05) is 27.7 Å². The second-order valence-corrected chi connectivity index (χ2v) is 17.0. The SMILES string of the molecule is COC(=O)CC[C@@H](C)[C@H]1CC[C@H]2[C@@H]3CC=C4C[C@@H](OC[C@H]5O[C@@H]6OC(C)(C)O[C@@H]6[C@H]6OC(C)(C)O[C@H]65)CC[C@]4(C)[C@H]3CC[C@]12C. The van der Waals surface area contributed by atoms with Crippen LogP contribution in [-0.2, 0) is 38.0 Å². The largest absolute Gasteiger partial charge is 0.469 e. The molecule has 254 valence electrons. The molecule has 7 aliphatic rings. The van der Waals surface area contributed by atoms with E-state index in [0.29, 0.717) is 30.3 Å². The van der Waals surface area contributed by atoms with Crippen LogP contribution in [0.5, 0.6) is 0 Å². The minimum absolute atomic E-state index is 0.0712. The molecule has 4 aliphatic carbocycles. The van der Waals surface area contributed by atoms with Gasteiger partial charge in [0.2, 0.25) is 0 Å². The quantitative estimate of drug-likeness (QED) is 0.221. The van der Waals surface area contributed by atoms with Gasteiger partial charge in [0, 0.05) is 6.42 Å². The van der Waals surface area contributed by atoms with Gasteiger partial charge in [-0.1, -0.05) is 32.4 Å². The number of methoxy groups -OCH3 is 1. The zero-order chi connectivity index (χ0) is 31.9. The van der Waals surface area contributed by atoms with Gasteiger partial charge in [-0.15, -0.1) is 0 Å². The highest BCUT2D eigenvalue weighted by Gasteiger charge is 2.62. The summed E-state index contributed by atoms with van der Waals surface area (Å²) in [5.41, 5.74) is 2.29. The Kier molecular flexibility index (Phi) is 8.34. The van der Waals surface area contributed by atoms with Crippen molar-refractivity contribution in [1.82, 2.24) is 0 Å². The third-order valence-corrected chi connectivity index (χ3v) is 13.6. The molecule has 0 amide bonds. The Labute approximate surface area is 270 Å². The topological polar surface area (TPSA) is 81.7 Å². The summed E-state index contributed by atoms with van der Waals surface area (Å²) < 4.78 is 43.0. The maximum Gasteiger partial charge on any atom is 0.305 e. The summed E-state index contributed by atoms with van der Waals surface area (Å²) in [4.78, 5) is 11.9. The number of ether oxygens (including phenoxy) is 7. The van der Waals surface area contributed by atoms with E-state index in [-0.39, 0.29) is 41.9 Å². The third kappa shape index (κ3) is 5.65. The lowest BCUT2D eigenvalue weighted by Gasteiger charge is -2.58. The number of carbonyl (C=O) groups excluding carboxylic acids is 1. The lowest BCUT2D eigenvalue weighted by molar-refractivity contribution is -0.246. The lowest BCUT2D eigenvalue weighted by Crippen LogP contribution is -2.56. The van der Waals surface area contributed by atoms with Crippen LogP contribution in [0.15, 0.2) is 11.6 Å². The fourth-order valence-electron chi connectivity index (χ4n) is 11.5. The molecule has 0 spiro atoms. The normalized spacial score (nSPS) is 48.3. The van der Waals surface area contributed by atoms with Crippen molar-refractivity contribution in [2.45, 2.75) is 161 Å². The molecule has 0 aromatic heterocycles. The maximum atomic E-state index is 11.9. The Bertz CT molecular complexity index is 1170. The Balaban J connectivity index is 0.991. The van der Waals surface area contributed by atoms with Gasteiger partial charge in [0.05, 0.1) is 19.8 Å². The summed E-state index contributed by atoms with van der Waals surface area (Å²) in [6, 6.07) is 0. The van der Waals surface area contributed by atoms with Crippen molar-refractivity contribution in [2.75, 3.05) is 13.7 Å². The van der Waals surface area contributed by atoms with E-state index >= 15 is 0 Å². The molecule has 8 heteroatoms. The highest BCUT2D eigenvalue weighted by molar-refractivity contribution is 5.69. The molecular weight excluding hydrogens is 572 g/mol. The van der Waals surface area contributed by atoms with E-state index in [1.54, 1.807) is 5.57 Å². The van der Waals surface area contributed by atoms with Crippen molar-refractivity contribution >= 4 is 5.97 Å². The van der Waals surface area contributed by atoms with Crippen LogP contribution in [0.4, 0.5) is 0 Å². The van der Waals surface area contributed by atoms with Gasteiger partial charge in [-0.05, 0) is 126 Å². The fourth-order valence-corrected chi connectivity index (χ4v) is 11.5. The van der Waals surface area contributed by atoms with Crippen LogP contribution in [0.3, 0.4) is 0 Å². The molecule has 0 aromatic carbocycles. The third-order valence-electron chi connectivity index (χ3n) is 13.6. The summed E-state index contributed by atoms with van der Waals surface area (Å²) in [7, 11) is 1.50. The summed E-state index contributed by atoms with van der Waals surface area (Å²) in [5, 5.41) is 0. The van der Waals surface area contributed by atoms with Gasteiger partial charge in [-0.3, -0.25) is 4.79 Å². The van der Waals surface area contributed by atoms with Crippen molar-refractivity contribution < 1.29 is 38.0 Å². The number of hydrogen-bond acceptors (Lipinski definition) is 8. The standard InChI is InChI=1S/C37H58O8/c1-21(9-14-29(38)39-8)25-12-13-26-24-11-10-22-19-23(15-17-36(22,6)27(24)16-18-37(25,26)7)40-20-28-30-31(43-34(2,3)42-30)32-33(41-28)45-35(4,5)44-32/h10,21,23-28,30-33H,9,11-20H2,1-8H3/t21-,23+,24+,25-,26+,27+,28-,30+,31+,32-,33-,36+,37-/m1/s1. The first-order chi connectivity index (χ1) is 21.2. The molecule has 3 saturated carbocycles. The minimum atomic E-state index is -0.719. The Morgan fingerprint density at radius 1 is 0.911 bits per heavy atom. The van der Waals surface area contributed by atoms with E-state index in [2.05, 4.69) is 26.8 Å². The molecule has 0 radical (unpaired) electrons. The van der Waals surface area contributed by atoms with Gasteiger partial charge < -0.3 is 33.2 Å². The molecule has 3 heterocycles. The van der Waals surface area contributed by atoms with Gasteiger partial charge in [-0.25, -0.2) is 0 Å². The molecule has 3 saturated heterocycles. The molecule has 0 aromatic rings. The number of fused-ring (bicyclic) bond motifs is 8. The van der Waals surface area contributed by atoms with Crippen LogP contribution in [0.1, 0.15) is 113 Å². The predicted molar refractivity (Wildman–Crippen MR) is 168 cm³/mol. The number of carbonyl (C=O) groups is 1. The summed E-state index contributed by atoms with van der Waals surface area (Å²) in [6.07, 6.45) is 12.5. The predicted octanol–water partition coefficient (Wildman–Crippen LogP) is 6.94. The van der Waals surface area contributed by atoms with E-state index in [4.69, 9.17) is 33.2 Å². The van der Waals surface area contributed by atoms with Crippen LogP contribution in [0.25, 0.3) is 0 Å². The molecule has 13 atom stereocenters. The van der Waals surface area contributed by atoms with Crippen molar-refractivity contribution in [1.29, 1.82) is 0 Å². The molecular formula is C37H58O8. The van der Waals surface area contributed by atoms with Gasteiger partial charge in [0.25, 0.3) is 0 Å². The Morgan fingerprint density at radius 3 is 2.42 bits per heavy atom. The molecule has 3 aliphatic heterocycles. The van der Waals surface area contributed by atoms with Crippen molar-refractivity contribution in [3.05, 3.63) is 11.6 Å². The monoisotopic (exact) mass is 630 g/mol. The van der Waals surface area contributed by atoms with Gasteiger partial charge >= 0.3 is 5.97 Å². The van der Waals surface area contributed by atoms with Crippen molar-refractivity contribution in [3.8, 4) is 0 Å². The van der Waals surface area contributed by atoms with Crippen LogP contribution < -0.4 is 0 Å². The van der Waals surface area contributed by atoms with Crippen molar-refractivity contribution in [3.63, 3.8) is 0 Å². The summed E-state index contributed by atoms with van der Waals surface area (Å²) in [5.74, 6) is 2.10. The second-order valence-electron chi connectivity index (χ2n) is 17.0. The number of allylic oxidation sites excluding steroid dienone is 1. The smallest absolute Gasteiger partial charge is 0.305 e. The molecule has 0 unspecified atom stereocenters. The highest BCUT2D eigenvalue weighted by atomic mass is 16.9.